The SMILES string of the molecule is CC(C)(S)c1ccc(N2CCNC(=O)C2)nc1. The number of carbonyl (C=O) groups excluding carboxylic acids is 1. The number of anilines is 1. The van der Waals surface area contributed by atoms with Crippen LogP contribution in [0.5, 0.6) is 0 Å². The molecule has 4 nitrogen and oxygen atoms in total. The number of pyridine rings is 1. The quantitative estimate of drug-likeness (QED) is 0.776. The highest BCUT2D eigenvalue weighted by Crippen LogP contribution is 2.27. The first-order valence-corrected chi connectivity index (χ1v) is 6.12. The van der Waals surface area contributed by atoms with Gasteiger partial charge in [0.2, 0.25) is 5.91 Å². The minimum Gasteiger partial charge on any atom is -0.353 e. The molecule has 92 valence electrons. The van der Waals surface area contributed by atoms with Crippen LogP contribution in [-0.4, -0.2) is 30.5 Å². The van der Waals surface area contributed by atoms with Crippen molar-refractivity contribution in [1.82, 2.24) is 10.3 Å². The van der Waals surface area contributed by atoms with Gasteiger partial charge in [0.05, 0.1) is 6.54 Å². The molecule has 0 bridgehead atoms. The molecule has 0 atom stereocenters. The van der Waals surface area contributed by atoms with E-state index >= 15 is 0 Å². The number of aromatic nitrogens is 1. The van der Waals surface area contributed by atoms with Crippen LogP contribution in [0.15, 0.2) is 18.3 Å². The van der Waals surface area contributed by atoms with E-state index in [1.807, 2.05) is 37.1 Å². The van der Waals surface area contributed by atoms with E-state index in [1.54, 1.807) is 0 Å². The average Bonchev–Trinajstić information content (AvgIpc) is 2.28. The zero-order chi connectivity index (χ0) is 12.5. The van der Waals surface area contributed by atoms with E-state index in [2.05, 4.69) is 22.9 Å². The summed E-state index contributed by atoms with van der Waals surface area (Å²) in [6.07, 6.45) is 1.83. The van der Waals surface area contributed by atoms with Gasteiger partial charge in [0, 0.05) is 24.0 Å². The zero-order valence-electron chi connectivity index (χ0n) is 10.1. The lowest BCUT2D eigenvalue weighted by Gasteiger charge is -2.28. The monoisotopic (exact) mass is 251 g/mol. The number of piperazine rings is 1. The van der Waals surface area contributed by atoms with E-state index in [0.29, 0.717) is 13.1 Å². The molecule has 0 aliphatic carbocycles. The number of amides is 1. The molecule has 0 unspecified atom stereocenters. The van der Waals surface area contributed by atoms with E-state index < -0.39 is 0 Å². The molecule has 1 aromatic heterocycles. The first kappa shape index (κ1) is 12.2. The fourth-order valence-corrected chi connectivity index (χ4v) is 1.90. The Labute approximate surface area is 107 Å². The molecule has 1 N–H and O–H groups in total. The number of nitrogens with one attached hydrogen (secondary N) is 1. The Morgan fingerprint density at radius 3 is 2.76 bits per heavy atom. The van der Waals surface area contributed by atoms with Crippen molar-refractivity contribution in [2.24, 2.45) is 0 Å². The van der Waals surface area contributed by atoms with Gasteiger partial charge in [0.1, 0.15) is 5.82 Å². The van der Waals surface area contributed by atoms with Gasteiger partial charge in [-0.1, -0.05) is 6.07 Å². The summed E-state index contributed by atoms with van der Waals surface area (Å²) in [5.74, 6) is 0.901. The Kier molecular flexibility index (Phi) is 3.28. The standard InChI is InChI=1S/C12H17N3OS/c1-12(2,17)9-3-4-10(14-7-9)15-6-5-13-11(16)8-15/h3-4,7,17H,5-6,8H2,1-2H3,(H,13,16). The Bertz CT molecular complexity index is 411. The second-order valence-electron chi connectivity index (χ2n) is 4.74. The molecular weight excluding hydrogens is 234 g/mol. The summed E-state index contributed by atoms with van der Waals surface area (Å²) < 4.78 is -0.190. The van der Waals surface area contributed by atoms with Crippen molar-refractivity contribution in [1.29, 1.82) is 0 Å². The topological polar surface area (TPSA) is 45.2 Å². The minimum atomic E-state index is -0.190. The maximum Gasteiger partial charge on any atom is 0.239 e. The van der Waals surface area contributed by atoms with Gasteiger partial charge in [0.25, 0.3) is 0 Å². The number of hydrogen-bond acceptors (Lipinski definition) is 4. The molecule has 17 heavy (non-hydrogen) atoms. The smallest absolute Gasteiger partial charge is 0.239 e. The van der Waals surface area contributed by atoms with E-state index in [-0.39, 0.29) is 10.7 Å². The number of nitrogens with zero attached hydrogens (tertiary/aromatic N) is 2. The zero-order valence-corrected chi connectivity index (χ0v) is 11.0. The molecule has 5 heteroatoms. The molecule has 1 aliphatic rings. The fourth-order valence-electron chi connectivity index (χ4n) is 1.77. The van der Waals surface area contributed by atoms with Crippen LogP contribution in [0.1, 0.15) is 19.4 Å². The first-order chi connectivity index (χ1) is 7.97. The molecule has 0 aromatic carbocycles. The maximum absolute atomic E-state index is 11.3. The van der Waals surface area contributed by atoms with Crippen LogP contribution in [-0.2, 0) is 9.54 Å². The number of thiol groups is 1. The fraction of sp³-hybridized carbons (Fsp3) is 0.500. The normalized spacial score (nSPS) is 16.9. The Morgan fingerprint density at radius 1 is 1.47 bits per heavy atom. The predicted molar refractivity (Wildman–Crippen MR) is 71.5 cm³/mol. The third-order valence-corrected chi connectivity index (χ3v) is 3.07. The summed E-state index contributed by atoms with van der Waals surface area (Å²) in [7, 11) is 0. The van der Waals surface area contributed by atoms with Crippen molar-refractivity contribution in [2.45, 2.75) is 18.6 Å². The molecule has 1 aromatic rings. The van der Waals surface area contributed by atoms with Crippen LogP contribution in [0.2, 0.25) is 0 Å². The highest BCUT2D eigenvalue weighted by molar-refractivity contribution is 7.81. The second-order valence-corrected chi connectivity index (χ2v) is 5.85. The molecule has 2 rings (SSSR count). The van der Waals surface area contributed by atoms with Gasteiger partial charge < -0.3 is 10.2 Å². The van der Waals surface area contributed by atoms with Crippen molar-refractivity contribution in [3.05, 3.63) is 23.9 Å². The molecule has 1 fully saturated rings. The highest BCUT2D eigenvalue weighted by Gasteiger charge is 2.19. The van der Waals surface area contributed by atoms with Crippen LogP contribution < -0.4 is 10.2 Å². The summed E-state index contributed by atoms with van der Waals surface area (Å²) in [6.45, 7) is 5.93. The van der Waals surface area contributed by atoms with E-state index in [4.69, 9.17) is 0 Å². The third kappa shape index (κ3) is 2.91. The van der Waals surface area contributed by atoms with Gasteiger partial charge in [-0.15, -0.1) is 0 Å². The summed E-state index contributed by atoms with van der Waals surface area (Å²) in [5, 5.41) is 2.80. The van der Waals surface area contributed by atoms with Crippen molar-refractivity contribution in [3.63, 3.8) is 0 Å². The molecule has 1 aliphatic heterocycles. The molecule has 0 spiro atoms. The molecule has 0 radical (unpaired) electrons. The maximum atomic E-state index is 11.3. The largest absolute Gasteiger partial charge is 0.353 e. The predicted octanol–water partition coefficient (Wildman–Crippen LogP) is 1.18. The van der Waals surface area contributed by atoms with E-state index in [1.165, 1.54) is 0 Å². The molecular formula is C12H17N3OS. The van der Waals surface area contributed by atoms with Crippen molar-refractivity contribution < 1.29 is 4.79 Å². The van der Waals surface area contributed by atoms with Gasteiger partial charge in [-0.3, -0.25) is 4.79 Å². The Morgan fingerprint density at radius 2 is 2.24 bits per heavy atom. The first-order valence-electron chi connectivity index (χ1n) is 5.67. The summed E-state index contributed by atoms with van der Waals surface area (Å²) >= 11 is 4.50. The summed E-state index contributed by atoms with van der Waals surface area (Å²) in [5.41, 5.74) is 1.08. The summed E-state index contributed by atoms with van der Waals surface area (Å²) in [4.78, 5) is 17.7. The average molecular weight is 251 g/mol. The van der Waals surface area contributed by atoms with Crippen molar-refractivity contribution >= 4 is 24.4 Å². The van der Waals surface area contributed by atoms with Gasteiger partial charge in [-0.05, 0) is 25.5 Å². The van der Waals surface area contributed by atoms with Crippen LogP contribution in [0.25, 0.3) is 0 Å². The highest BCUT2D eigenvalue weighted by atomic mass is 32.1. The van der Waals surface area contributed by atoms with Gasteiger partial charge in [-0.25, -0.2) is 4.98 Å². The Balaban J connectivity index is 2.15. The molecule has 1 saturated heterocycles. The van der Waals surface area contributed by atoms with Gasteiger partial charge in [-0.2, -0.15) is 12.6 Å². The van der Waals surface area contributed by atoms with Crippen LogP contribution in [0.3, 0.4) is 0 Å². The lowest BCUT2D eigenvalue weighted by atomic mass is 10.1. The van der Waals surface area contributed by atoms with Crippen molar-refractivity contribution in [3.8, 4) is 0 Å². The Hall–Kier alpha value is -1.23. The second kappa shape index (κ2) is 4.56. The molecule has 0 saturated carbocycles. The van der Waals surface area contributed by atoms with Gasteiger partial charge >= 0.3 is 0 Å². The van der Waals surface area contributed by atoms with E-state index in [0.717, 1.165) is 17.9 Å². The van der Waals surface area contributed by atoms with Crippen LogP contribution in [0.4, 0.5) is 5.82 Å². The summed E-state index contributed by atoms with van der Waals surface area (Å²) in [6, 6.07) is 3.97. The van der Waals surface area contributed by atoms with Crippen LogP contribution >= 0.6 is 12.6 Å². The van der Waals surface area contributed by atoms with Crippen LogP contribution in [0, 0.1) is 0 Å². The third-order valence-electron chi connectivity index (χ3n) is 2.82. The number of carbonyl (C=O) groups is 1. The minimum absolute atomic E-state index is 0.0525. The molecule has 1 amide bonds. The van der Waals surface area contributed by atoms with Crippen molar-refractivity contribution in [2.75, 3.05) is 24.5 Å². The van der Waals surface area contributed by atoms with E-state index in [9.17, 15) is 4.79 Å². The lowest BCUT2D eigenvalue weighted by molar-refractivity contribution is -0.120. The van der Waals surface area contributed by atoms with Gasteiger partial charge in [0.15, 0.2) is 0 Å². The molecule has 2 heterocycles. The number of rotatable bonds is 2. The number of hydrogen-bond donors (Lipinski definition) is 2. The lowest BCUT2D eigenvalue weighted by Crippen LogP contribution is -2.48.